The minimum atomic E-state index is -0.362. The number of halogens is 1. The lowest BCUT2D eigenvalue weighted by molar-refractivity contribution is 0.122. The molecule has 1 saturated heterocycles. The zero-order valence-electron chi connectivity index (χ0n) is 14.6. The summed E-state index contributed by atoms with van der Waals surface area (Å²) in [6.07, 6.45) is 1.62. The fourth-order valence-corrected chi connectivity index (χ4v) is 2.63. The second-order valence-corrected chi connectivity index (χ2v) is 5.81. The summed E-state index contributed by atoms with van der Waals surface area (Å²) in [5, 5.41) is 2.98. The maximum atomic E-state index is 14.3. The average Bonchev–Trinajstić information content (AvgIpc) is 2.67. The van der Waals surface area contributed by atoms with Crippen molar-refractivity contribution in [3.8, 4) is 5.75 Å². The summed E-state index contributed by atoms with van der Waals surface area (Å²) in [5.74, 6) is 0.936. The van der Waals surface area contributed by atoms with E-state index >= 15 is 0 Å². The minimum Gasteiger partial charge on any atom is -0.497 e. The fourth-order valence-electron chi connectivity index (χ4n) is 2.63. The van der Waals surface area contributed by atoms with Gasteiger partial charge in [-0.05, 0) is 23.8 Å². The zero-order valence-corrected chi connectivity index (χ0v) is 14.6. The van der Waals surface area contributed by atoms with E-state index in [1.807, 2.05) is 23.1 Å². The molecule has 1 aliphatic heterocycles. The maximum absolute atomic E-state index is 14.3. The molecule has 7 nitrogen and oxygen atoms in total. The minimum absolute atomic E-state index is 0.232. The Hall–Kier alpha value is -2.87. The molecule has 2 aromatic rings. The van der Waals surface area contributed by atoms with Crippen LogP contribution in [0.2, 0.25) is 0 Å². The fraction of sp³-hybridized carbons (Fsp3) is 0.333. The number of pyridine rings is 1. The third-order valence-corrected chi connectivity index (χ3v) is 3.96. The molecular formula is C18H22FN5O2. The van der Waals surface area contributed by atoms with Gasteiger partial charge in [-0.25, -0.2) is 14.4 Å². The van der Waals surface area contributed by atoms with Crippen molar-refractivity contribution in [1.82, 2.24) is 4.98 Å². The van der Waals surface area contributed by atoms with Gasteiger partial charge in [0.1, 0.15) is 5.75 Å². The standard InChI is InChI=1S/C18H22FN5O2/c1-25-15-4-2-3-14(10-15)23-18(20)22-12-13-9-16(19)17(21-11-13)24-5-7-26-8-6-24/h2-4,9-11H,5-8,12H2,1H3,(H3,20,22,23). The Morgan fingerprint density at radius 3 is 2.92 bits per heavy atom. The van der Waals surface area contributed by atoms with E-state index < -0.39 is 0 Å². The first-order valence-electron chi connectivity index (χ1n) is 8.34. The van der Waals surface area contributed by atoms with Crippen LogP contribution in [0.15, 0.2) is 41.5 Å². The summed E-state index contributed by atoms with van der Waals surface area (Å²) in [6, 6.07) is 8.78. The number of nitrogens with one attached hydrogen (secondary N) is 1. The molecule has 1 aliphatic rings. The highest BCUT2D eigenvalue weighted by Gasteiger charge is 2.16. The summed E-state index contributed by atoms with van der Waals surface area (Å²) in [4.78, 5) is 10.3. The van der Waals surface area contributed by atoms with E-state index in [9.17, 15) is 4.39 Å². The summed E-state index contributed by atoms with van der Waals surface area (Å²) >= 11 is 0. The number of nitrogens with two attached hydrogens (primary N) is 1. The Bertz CT molecular complexity index is 778. The first kappa shape index (κ1) is 17.9. The molecule has 1 aromatic carbocycles. The van der Waals surface area contributed by atoms with Crippen LogP contribution in [-0.4, -0.2) is 44.4 Å². The quantitative estimate of drug-likeness (QED) is 0.627. The zero-order chi connectivity index (χ0) is 18.4. The van der Waals surface area contributed by atoms with Crippen molar-refractivity contribution in [3.05, 3.63) is 47.9 Å². The number of guanidine groups is 1. The van der Waals surface area contributed by atoms with Crippen molar-refractivity contribution in [2.45, 2.75) is 6.54 Å². The molecule has 0 radical (unpaired) electrons. The molecule has 138 valence electrons. The lowest BCUT2D eigenvalue weighted by Crippen LogP contribution is -2.37. The van der Waals surface area contributed by atoms with Crippen molar-refractivity contribution in [2.24, 2.45) is 10.7 Å². The molecule has 0 atom stereocenters. The highest BCUT2D eigenvalue weighted by atomic mass is 19.1. The summed E-state index contributed by atoms with van der Waals surface area (Å²) in [5.41, 5.74) is 7.30. The van der Waals surface area contributed by atoms with Crippen molar-refractivity contribution < 1.29 is 13.9 Å². The van der Waals surface area contributed by atoms with Crippen LogP contribution in [0.4, 0.5) is 15.9 Å². The van der Waals surface area contributed by atoms with Crippen LogP contribution in [-0.2, 0) is 11.3 Å². The Kier molecular flexibility index (Phi) is 5.85. The van der Waals surface area contributed by atoms with E-state index in [4.69, 9.17) is 15.2 Å². The molecule has 1 aromatic heterocycles. The molecule has 3 N–H and O–H groups in total. The van der Waals surface area contributed by atoms with Gasteiger partial charge < -0.3 is 25.4 Å². The van der Waals surface area contributed by atoms with Gasteiger partial charge in [0.2, 0.25) is 0 Å². The van der Waals surface area contributed by atoms with Gasteiger partial charge in [-0.3, -0.25) is 0 Å². The molecule has 0 spiro atoms. The molecule has 0 amide bonds. The maximum Gasteiger partial charge on any atom is 0.193 e. The van der Waals surface area contributed by atoms with Gasteiger partial charge in [0.05, 0.1) is 26.9 Å². The van der Waals surface area contributed by atoms with Crippen LogP contribution < -0.4 is 20.7 Å². The number of hydrogen-bond donors (Lipinski definition) is 2. The lowest BCUT2D eigenvalue weighted by atomic mass is 10.2. The van der Waals surface area contributed by atoms with Gasteiger partial charge in [0.15, 0.2) is 17.6 Å². The number of methoxy groups -OCH3 is 1. The van der Waals surface area contributed by atoms with E-state index in [0.717, 1.165) is 5.69 Å². The third-order valence-electron chi connectivity index (χ3n) is 3.96. The number of rotatable bonds is 5. The van der Waals surface area contributed by atoms with Crippen LogP contribution in [0, 0.1) is 5.82 Å². The smallest absolute Gasteiger partial charge is 0.193 e. The SMILES string of the molecule is COc1cccc(NC(N)=NCc2cnc(N3CCOCC3)c(F)c2)c1. The molecule has 0 saturated carbocycles. The van der Waals surface area contributed by atoms with Crippen LogP contribution >= 0.6 is 0 Å². The largest absolute Gasteiger partial charge is 0.497 e. The summed E-state index contributed by atoms with van der Waals surface area (Å²) in [6.45, 7) is 2.67. The van der Waals surface area contributed by atoms with Gasteiger partial charge in [0.25, 0.3) is 0 Å². The Balaban J connectivity index is 1.62. The molecule has 8 heteroatoms. The number of nitrogens with zero attached hydrogens (tertiary/aromatic N) is 3. The number of anilines is 2. The molecular weight excluding hydrogens is 337 g/mol. The number of ether oxygens (including phenoxy) is 2. The first-order chi connectivity index (χ1) is 12.7. The molecule has 0 unspecified atom stereocenters. The molecule has 2 heterocycles. The molecule has 3 rings (SSSR count). The normalized spacial score (nSPS) is 15.0. The number of aliphatic imine (C=N–C) groups is 1. The van der Waals surface area contributed by atoms with E-state index in [2.05, 4.69) is 15.3 Å². The van der Waals surface area contributed by atoms with Crippen molar-refractivity contribution in [2.75, 3.05) is 43.6 Å². The lowest BCUT2D eigenvalue weighted by Gasteiger charge is -2.28. The van der Waals surface area contributed by atoms with Crippen LogP contribution in [0.3, 0.4) is 0 Å². The van der Waals surface area contributed by atoms with Gasteiger partial charge in [-0.15, -0.1) is 0 Å². The predicted octanol–water partition coefficient (Wildman–Crippen LogP) is 1.99. The summed E-state index contributed by atoms with van der Waals surface area (Å²) < 4.78 is 24.8. The second kappa shape index (κ2) is 8.48. The Morgan fingerprint density at radius 2 is 2.19 bits per heavy atom. The first-order valence-corrected chi connectivity index (χ1v) is 8.34. The monoisotopic (exact) mass is 359 g/mol. The Labute approximate surface area is 151 Å². The van der Waals surface area contributed by atoms with Gasteiger partial charge in [-0.2, -0.15) is 0 Å². The van der Waals surface area contributed by atoms with Gasteiger partial charge in [0, 0.05) is 31.0 Å². The molecule has 26 heavy (non-hydrogen) atoms. The van der Waals surface area contributed by atoms with E-state index in [1.54, 1.807) is 19.4 Å². The number of morpholine rings is 1. The van der Waals surface area contributed by atoms with Crippen molar-refractivity contribution in [3.63, 3.8) is 0 Å². The van der Waals surface area contributed by atoms with Crippen LogP contribution in [0.1, 0.15) is 5.56 Å². The van der Waals surface area contributed by atoms with E-state index in [1.165, 1.54) is 6.07 Å². The third kappa shape index (κ3) is 4.60. The van der Waals surface area contributed by atoms with Crippen LogP contribution in [0.5, 0.6) is 5.75 Å². The van der Waals surface area contributed by atoms with E-state index in [-0.39, 0.29) is 18.3 Å². The van der Waals surface area contributed by atoms with E-state index in [0.29, 0.717) is 43.4 Å². The van der Waals surface area contributed by atoms with Gasteiger partial charge >= 0.3 is 0 Å². The topological polar surface area (TPSA) is 85.0 Å². The van der Waals surface area contributed by atoms with Gasteiger partial charge in [-0.1, -0.05) is 6.07 Å². The van der Waals surface area contributed by atoms with Crippen LogP contribution in [0.25, 0.3) is 0 Å². The molecule has 0 bridgehead atoms. The highest BCUT2D eigenvalue weighted by Crippen LogP contribution is 2.19. The highest BCUT2D eigenvalue weighted by molar-refractivity contribution is 5.92. The Morgan fingerprint density at radius 1 is 1.38 bits per heavy atom. The summed E-state index contributed by atoms with van der Waals surface area (Å²) in [7, 11) is 1.60. The second-order valence-electron chi connectivity index (χ2n) is 5.81. The molecule has 1 fully saturated rings. The molecule has 0 aliphatic carbocycles. The average molecular weight is 359 g/mol. The number of hydrogen-bond acceptors (Lipinski definition) is 5. The number of benzene rings is 1. The predicted molar refractivity (Wildman–Crippen MR) is 99.2 cm³/mol. The number of aromatic nitrogens is 1. The van der Waals surface area contributed by atoms with Crippen molar-refractivity contribution in [1.29, 1.82) is 0 Å². The van der Waals surface area contributed by atoms with Crippen molar-refractivity contribution >= 4 is 17.5 Å².